The highest BCUT2D eigenvalue weighted by molar-refractivity contribution is 6.02. The fourth-order valence-electron chi connectivity index (χ4n) is 3.37. The lowest BCUT2D eigenvalue weighted by atomic mass is 10.1. The first-order valence-electron chi connectivity index (χ1n) is 10.3. The molecule has 0 aliphatic carbocycles. The Hall–Kier alpha value is -3.81. The summed E-state index contributed by atoms with van der Waals surface area (Å²) >= 11 is 0. The molecule has 2 aromatic carbocycles. The van der Waals surface area contributed by atoms with Crippen molar-refractivity contribution in [2.24, 2.45) is 0 Å². The normalized spacial score (nSPS) is 13.4. The zero-order valence-electron chi connectivity index (χ0n) is 17.8. The maximum absolute atomic E-state index is 13.4. The summed E-state index contributed by atoms with van der Waals surface area (Å²) in [6, 6.07) is 11.6. The molecule has 1 aliphatic rings. The van der Waals surface area contributed by atoms with Crippen LogP contribution in [0.2, 0.25) is 0 Å². The number of rotatable bonds is 7. The number of benzene rings is 2. The molecule has 0 radical (unpaired) electrons. The second-order valence-electron chi connectivity index (χ2n) is 7.84. The van der Waals surface area contributed by atoms with Gasteiger partial charge in [0.15, 0.2) is 0 Å². The first-order chi connectivity index (χ1) is 15.4. The van der Waals surface area contributed by atoms with Gasteiger partial charge in [-0.3, -0.25) is 9.59 Å². The third kappa shape index (κ3) is 5.08. The highest BCUT2D eigenvalue weighted by Crippen LogP contribution is 2.25. The van der Waals surface area contributed by atoms with Crippen LogP contribution in [0.1, 0.15) is 28.5 Å². The second kappa shape index (κ2) is 9.13. The topological polar surface area (TPSA) is 84.4 Å². The molecule has 0 bridgehead atoms. The Morgan fingerprint density at radius 1 is 1.12 bits per heavy atom. The van der Waals surface area contributed by atoms with Crippen LogP contribution < -0.4 is 15.0 Å². The van der Waals surface area contributed by atoms with Crippen molar-refractivity contribution in [2.45, 2.75) is 26.4 Å². The molecule has 2 heterocycles. The number of aryl methyl sites for hydroxylation is 1. The van der Waals surface area contributed by atoms with Crippen LogP contribution in [0.25, 0.3) is 0 Å². The maximum atomic E-state index is 13.4. The van der Waals surface area contributed by atoms with Gasteiger partial charge in [0.2, 0.25) is 0 Å². The number of ketones is 1. The summed E-state index contributed by atoms with van der Waals surface area (Å²) in [5.41, 5.74) is 2.59. The van der Waals surface area contributed by atoms with Crippen LogP contribution in [0.5, 0.6) is 5.75 Å². The van der Waals surface area contributed by atoms with Gasteiger partial charge < -0.3 is 15.0 Å². The number of anilines is 2. The molecule has 7 nitrogen and oxygen atoms in total. The molecule has 1 aliphatic heterocycles. The van der Waals surface area contributed by atoms with Gasteiger partial charge in [-0.1, -0.05) is 18.2 Å². The summed E-state index contributed by atoms with van der Waals surface area (Å²) in [4.78, 5) is 34.1. The number of halogens is 1. The molecule has 4 rings (SSSR count). The molecule has 1 N–H and O–H groups in total. The Morgan fingerprint density at radius 2 is 1.88 bits per heavy atom. The molecular formula is C24H23FN4O3. The van der Waals surface area contributed by atoms with E-state index in [9.17, 15) is 14.0 Å². The van der Waals surface area contributed by atoms with Crippen molar-refractivity contribution < 1.29 is 18.7 Å². The quantitative estimate of drug-likeness (QED) is 0.612. The zero-order chi connectivity index (χ0) is 22.7. The van der Waals surface area contributed by atoms with E-state index in [1.54, 1.807) is 36.5 Å². The molecule has 0 unspecified atom stereocenters. The summed E-state index contributed by atoms with van der Waals surface area (Å²) < 4.78 is 19.3. The highest BCUT2D eigenvalue weighted by atomic mass is 19.1. The molecule has 0 saturated carbocycles. The minimum Gasteiger partial charge on any atom is -0.486 e. The SMILES string of the molecule is CC(=O)Cc1ccc(NC(=O)c2cnc(N3CC(Oc4cc(F)ccc4C)C3)cn2)cc1. The Balaban J connectivity index is 1.30. The minimum atomic E-state index is -0.366. The number of aromatic nitrogens is 2. The average molecular weight is 434 g/mol. The van der Waals surface area contributed by atoms with E-state index in [0.29, 0.717) is 36.8 Å². The van der Waals surface area contributed by atoms with Crippen molar-refractivity contribution in [1.82, 2.24) is 9.97 Å². The third-order valence-corrected chi connectivity index (χ3v) is 5.15. The Bertz CT molecular complexity index is 1130. The van der Waals surface area contributed by atoms with Gasteiger partial charge in [-0.15, -0.1) is 0 Å². The fourth-order valence-corrected chi connectivity index (χ4v) is 3.37. The van der Waals surface area contributed by atoms with Crippen LogP contribution in [-0.2, 0) is 11.2 Å². The van der Waals surface area contributed by atoms with Gasteiger partial charge in [0.05, 0.1) is 25.5 Å². The van der Waals surface area contributed by atoms with Crippen molar-refractivity contribution >= 4 is 23.2 Å². The van der Waals surface area contributed by atoms with Crippen LogP contribution in [-0.4, -0.2) is 40.9 Å². The summed E-state index contributed by atoms with van der Waals surface area (Å²) in [7, 11) is 0. The van der Waals surface area contributed by atoms with Crippen molar-refractivity contribution in [2.75, 3.05) is 23.3 Å². The van der Waals surface area contributed by atoms with E-state index in [4.69, 9.17) is 4.74 Å². The smallest absolute Gasteiger partial charge is 0.275 e. The van der Waals surface area contributed by atoms with Crippen LogP contribution >= 0.6 is 0 Å². The minimum absolute atomic E-state index is 0.0637. The Labute approximate surface area is 185 Å². The number of carbonyl (C=O) groups is 2. The highest BCUT2D eigenvalue weighted by Gasteiger charge is 2.30. The molecule has 1 aromatic heterocycles. The lowest BCUT2D eigenvalue weighted by Gasteiger charge is -2.39. The maximum Gasteiger partial charge on any atom is 0.275 e. The van der Waals surface area contributed by atoms with Crippen molar-refractivity contribution in [3.8, 4) is 5.75 Å². The second-order valence-corrected chi connectivity index (χ2v) is 7.84. The summed E-state index contributed by atoms with van der Waals surface area (Å²) in [5.74, 6) is 0.581. The lowest BCUT2D eigenvalue weighted by molar-refractivity contribution is -0.116. The van der Waals surface area contributed by atoms with Crippen LogP contribution in [0.4, 0.5) is 15.9 Å². The molecule has 1 fully saturated rings. The zero-order valence-corrected chi connectivity index (χ0v) is 17.8. The molecule has 32 heavy (non-hydrogen) atoms. The van der Waals surface area contributed by atoms with E-state index in [1.165, 1.54) is 25.3 Å². The van der Waals surface area contributed by atoms with Gasteiger partial charge in [0, 0.05) is 18.2 Å². The van der Waals surface area contributed by atoms with Gasteiger partial charge in [0.1, 0.15) is 35.0 Å². The number of amides is 1. The van der Waals surface area contributed by atoms with Gasteiger partial charge in [-0.05, 0) is 43.2 Å². The molecule has 1 amide bonds. The number of nitrogens with one attached hydrogen (secondary N) is 1. The Morgan fingerprint density at radius 3 is 2.53 bits per heavy atom. The molecule has 1 saturated heterocycles. The molecule has 164 valence electrons. The van der Waals surface area contributed by atoms with Gasteiger partial charge >= 0.3 is 0 Å². The van der Waals surface area contributed by atoms with E-state index in [-0.39, 0.29) is 29.3 Å². The van der Waals surface area contributed by atoms with E-state index >= 15 is 0 Å². The molecule has 0 atom stereocenters. The van der Waals surface area contributed by atoms with E-state index in [1.807, 2.05) is 11.8 Å². The number of nitrogens with zero attached hydrogens (tertiary/aromatic N) is 3. The summed E-state index contributed by atoms with van der Waals surface area (Å²) in [5, 5.41) is 2.77. The van der Waals surface area contributed by atoms with Crippen LogP contribution in [0.15, 0.2) is 54.9 Å². The predicted octanol–water partition coefficient (Wildman–Crippen LogP) is 3.58. The monoisotopic (exact) mass is 434 g/mol. The number of hydrogen-bond donors (Lipinski definition) is 1. The van der Waals surface area contributed by atoms with Gasteiger partial charge in [-0.2, -0.15) is 0 Å². The molecule has 8 heteroatoms. The number of ether oxygens (including phenoxy) is 1. The average Bonchev–Trinajstić information content (AvgIpc) is 2.74. The number of hydrogen-bond acceptors (Lipinski definition) is 6. The first-order valence-corrected chi connectivity index (χ1v) is 10.3. The lowest BCUT2D eigenvalue weighted by Crippen LogP contribution is -2.54. The Kier molecular flexibility index (Phi) is 6.11. The van der Waals surface area contributed by atoms with Gasteiger partial charge in [0.25, 0.3) is 5.91 Å². The van der Waals surface area contributed by atoms with Crippen molar-refractivity contribution in [3.05, 3.63) is 77.5 Å². The largest absolute Gasteiger partial charge is 0.486 e. The third-order valence-electron chi connectivity index (χ3n) is 5.15. The van der Waals surface area contributed by atoms with E-state index in [2.05, 4.69) is 15.3 Å². The van der Waals surface area contributed by atoms with Crippen LogP contribution in [0.3, 0.4) is 0 Å². The van der Waals surface area contributed by atoms with Crippen LogP contribution in [0, 0.1) is 12.7 Å². The van der Waals surface area contributed by atoms with Gasteiger partial charge in [-0.25, -0.2) is 14.4 Å². The molecule has 3 aromatic rings. The standard InChI is InChI=1S/C24H23FN4O3/c1-15-3-6-18(25)10-22(15)32-20-13-29(14-20)23-12-26-21(11-27-23)24(31)28-19-7-4-17(5-8-19)9-16(2)30/h3-8,10-12,20H,9,13-14H2,1-2H3,(H,28,31). The number of Topliss-reactive ketones (excluding diaryl/α,β-unsaturated/α-hetero) is 1. The molecule has 0 spiro atoms. The van der Waals surface area contributed by atoms with E-state index < -0.39 is 0 Å². The predicted molar refractivity (Wildman–Crippen MR) is 119 cm³/mol. The molecular weight excluding hydrogens is 411 g/mol. The summed E-state index contributed by atoms with van der Waals surface area (Å²) in [6.45, 7) is 4.61. The van der Waals surface area contributed by atoms with Crippen molar-refractivity contribution in [3.63, 3.8) is 0 Å². The fraction of sp³-hybridized carbons (Fsp3) is 0.250. The summed E-state index contributed by atoms with van der Waals surface area (Å²) in [6.07, 6.45) is 3.28. The first kappa shape index (κ1) is 21.4. The van der Waals surface area contributed by atoms with E-state index in [0.717, 1.165) is 11.1 Å². The number of carbonyl (C=O) groups excluding carboxylic acids is 2. The van der Waals surface area contributed by atoms with Crippen molar-refractivity contribution in [1.29, 1.82) is 0 Å².